The summed E-state index contributed by atoms with van der Waals surface area (Å²) in [7, 11) is 0. The van der Waals surface area contributed by atoms with Crippen molar-refractivity contribution < 1.29 is 4.42 Å². The van der Waals surface area contributed by atoms with Gasteiger partial charge in [0.15, 0.2) is 0 Å². The molecule has 0 saturated heterocycles. The van der Waals surface area contributed by atoms with Crippen LogP contribution in [0.15, 0.2) is 34.7 Å². The van der Waals surface area contributed by atoms with E-state index in [0.717, 1.165) is 31.0 Å². The van der Waals surface area contributed by atoms with Crippen molar-refractivity contribution in [2.24, 2.45) is 0 Å². The maximum atomic E-state index is 5.91. The largest absolute Gasteiger partial charge is 0.460 e. The van der Waals surface area contributed by atoms with Gasteiger partial charge in [0.2, 0.25) is 0 Å². The van der Waals surface area contributed by atoms with Gasteiger partial charge in [-0.25, -0.2) is 0 Å². The molecule has 19 heavy (non-hydrogen) atoms. The molecule has 1 aromatic carbocycles. The Balaban J connectivity index is 1.75. The average molecular weight is 255 g/mol. The number of aryl methyl sites for hydroxylation is 2. The van der Waals surface area contributed by atoms with Gasteiger partial charge in [0.25, 0.3) is 0 Å². The molecule has 1 aliphatic rings. The first kappa shape index (κ1) is 12.5. The lowest BCUT2D eigenvalue weighted by molar-refractivity contribution is 0.493. The number of nitrogens with one attached hydrogen (secondary N) is 1. The Morgan fingerprint density at radius 3 is 2.89 bits per heavy atom. The van der Waals surface area contributed by atoms with E-state index in [-0.39, 0.29) is 0 Å². The zero-order valence-corrected chi connectivity index (χ0v) is 11.5. The fourth-order valence-electron chi connectivity index (χ4n) is 2.74. The second-order valence-corrected chi connectivity index (χ2v) is 5.28. The van der Waals surface area contributed by atoms with Crippen LogP contribution in [0.4, 0.5) is 0 Å². The highest BCUT2D eigenvalue weighted by atomic mass is 16.3. The zero-order chi connectivity index (χ0) is 13.1. The Labute approximate surface area is 114 Å². The SMILES string of the molecule is CCCNCc1ccc(-c2ccc3c(c2)CCC3)o1. The predicted molar refractivity (Wildman–Crippen MR) is 78.2 cm³/mol. The van der Waals surface area contributed by atoms with Crippen molar-refractivity contribution in [1.29, 1.82) is 0 Å². The van der Waals surface area contributed by atoms with Crippen LogP contribution in [0.25, 0.3) is 11.3 Å². The van der Waals surface area contributed by atoms with Crippen LogP contribution in [0.3, 0.4) is 0 Å². The summed E-state index contributed by atoms with van der Waals surface area (Å²) in [6.45, 7) is 4.03. The van der Waals surface area contributed by atoms with E-state index in [4.69, 9.17) is 4.42 Å². The van der Waals surface area contributed by atoms with Crippen molar-refractivity contribution in [2.45, 2.75) is 39.2 Å². The molecule has 2 aromatic rings. The molecule has 100 valence electrons. The van der Waals surface area contributed by atoms with Crippen LogP contribution < -0.4 is 5.32 Å². The van der Waals surface area contributed by atoms with Crippen molar-refractivity contribution in [2.75, 3.05) is 6.54 Å². The molecule has 0 unspecified atom stereocenters. The molecule has 0 amide bonds. The van der Waals surface area contributed by atoms with Gasteiger partial charge in [-0.1, -0.05) is 19.1 Å². The fourth-order valence-corrected chi connectivity index (χ4v) is 2.74. The van der Waals surface area contributed by atoms with Crippen LogP contribution in [0.5, 0.6) is 0 Å². The molecule has 2 heteroatoms. The van der Waals surface area contributed by atoms with E-state index in [2.05, 4.69) is 42.6 Å². The van der Waals surface area contributed by atoms with Crippen molar-refractivity contribution in [3.63, 3.8) is 0 Å². The number of benzene rings is 1. The third-order valence-electron chi connectivity index (χ3n) is 3.77. The predicted octanol–water partition coefficient (Wildman–Crippen LogP) is 3.93. The number of hydrogen-bond acceptors (Lipinski definition) is 2. The monoisotopic (exact) mass is 255 g/mol. The molecule has 0 aliphatic heterocycles. The van der Waals surface area contributed by atoms with Crippen LogP contribution >= 0.6 is 0 Å². The summed E-state index contributed by atoms with van der Waals surface area (Å²) in [5.41, 5.74) is 4.22. The first-order valence-electron chi connectivity index (χ1n) is 7.28. The average Bonchev–Trinajstić information content (AvgIpc) is 3.06. The summed E-state index contributed by atoms with van der Waals surface area (Å²) < 4.78 is 5.91. The highest BCUT2D eigenvalue weighted by Crippen LogP contribution is 2.29. The maximum absolute atomic E-state index is 5.91. The molecule has 1 heterocycles. The topological polar surface area (TPSA) is 25.2 Å². The summed E-state index contributed by atoms with van der Waals surface area (Å²) >= 11 is 0. The maximum Gasteiger partial charge on any atom is 0.134 e. The first-order chi connectivity index (χ1) is 9.36. The van der Waals surface area contributed by atoms with Gasteiger partial charge in [0.05, 0.1) is 6.54 Å². The normalized spacial score (nSPS) is 13.7. The van der Waals surface area contributed by atoms with Crippen LogP contribution in [0.1, 0.15) is 36.7 Å². The van der Waals surface area contributed by atoms with Gasteiger partial charge >= 0.3 is 0 Å². The van der Waals surface area contributed by atoms with E-state index >= 15 is 0 Å². The molecule has 0 radical (unpaired) electrons. The van der Waals surface area contributed by atoms with Crippen molar-refractivity contribution >= 4 is 0 Å². The Hall–Kier alpha value is -1.54. The van der Waals surface area contributed by atoms with Gasteiger partial charge in [-0.15, -0.1) is 0 Å². The second-order valence-electron chi connectivity index (χ2n) is 5.28. The van der Waals surface area contributed by atoms with Gasteiger partial charge < -0.3 is 9.73 Å². The molecule has 0 saturated carbocycles. The molecule has 0 spiro atoms. The fraction of sp³-hybridized carbons (Fsp3) is 0.412. The first-order valence-corrected chi connectivity index (χ1v) is 7.28. The molecule has 2 nitrogen and oxygen atoms in total. The Bertz CT molecular complexity index is 556. The Kier molecular flexibility index (Phi) is 3.69. The van der Waals surface area contributed by atoms with Crippen molar-refractivity contribution in [3.05, 3.63) is 47.2 Å². The molecule has 0 bridgehead atoms. The van der Waals surface area contributed by atoms with Crippen LogP contribution in [-0.2, 0) is 19.4 Å². The number of fused-ring (bicyclic) bond motifs is 1. The van der Waals surface area contributed by atoms with Crippen LogP contribution in [0, 0.1) is 0 Å². The third kappa shape index (κ3) is 2.74. The molecule has 1 aliphatic carbocycles. The van der Waals surface area contributed by atoms with Gasteiger partial charge in [-0.3, -0.25) is 0 Å². The lowest BCUT2D eigenvalue weighted by Crippen LogP contribution is -2.12. The molecular formula is C17H21NO. The molecule has 0 atom stereocenters. The zero-order valence-electron chi connectivity index (χ0n) is 11.5. The van der Waals surface area contributed by atoms with E-state index < -0.39 is 0 Å². The lowest BCUT2D eigenvalue weighted by Gasteiger charge is -2.03. The third-order valence-corrected chi connectivity index (χ3v) is 3.77. The van der Waals surface area contributed by atoms with Gasteiger partial charge in [0, 0.05) is 5.56 Å². The Morgan fingerprint density at radius 1 is 1.11 bits per heavy atom. The summed E-state index contributed by atoms with van der Waals surface area (Å²) in [6, 6.07) is 10.9. The van der Waals surface area contributed by atoms with E-state index in [1.165, 1.54) is 36.0 Å². The minimum absolute atomic E-state index is 0.818. The van der Waals surface area contributed by atoms with E-state index in [1.807, 2.05) is 0 Å². The van der Waals surface area contributed by atoms with E-state index in [9.17, 15) is 0 Å². The van der Waals surface area contributed by atoms with E-state index in [0.29, 0.717) is 0 Å². The van der Waals surface area contributed by atoms with Gasteiger partial charge in [-0.05, 0) is 61.6 Å². The summed E-state index contributed by atoms with van der Waals surface area (Å²) in [5, 5.41) is 3.36. The van der Waals surface area contributed by atoms with E-state index in [1.54, 1.807) is 0 Å². The van der Waals surface area contributed by atoms with Crippen molar-refractivity contribution in [1.82, 2.24) is 5.32 Å². The minimum atomic E-state index is 0.818. The summed E-state index contributed by atoms with van der Waals surface area (Å²) in [4.78, 5) is 0. The highest BCUT2D eigenvalue weighted by molar-refractivity contribution is 5.60. The second kappa shape index (κ2) is 5.62. The molecular weight excluding hydrogens is 234 g/mol. The standard InChI is InChI=1S/C17H21NO/c1-2-10-18-12-16-8-9-17(19-16)15-7-6-13-4-3-5-14(13)11-15/h6-9,11,18H,2-5,10,12H2,1H3. The lowest BCUT2D eigenvalue weighted by atomic mass is 10.1. The number of rotatable bonds is 5. The van der Waals surface area contributed by atoms with Crippen molar-refractivity contribution in [3.8, 4) is 11.3 Å². The number of furan rings is 1. The van der Waals surface area contributed by atoms with Crippen LogP contribution in [0.2, 0.25) is 0 Å². The quantitative estimate of drug-likeness (QED) is 0.819. The minimum Gasteiger partial charge on any atom is -0.460 e. The van der Waals surface area contributed by atoms with Crippen LogP contribution in [-0.4, -0.2) is 6.54 Å². The highest BCUT2D eigenvalue weighted by Gasteiger charge is 2.12. The molecule has 1 N–H and O–H groups in total. The van der Waals surface area contributed by atoms with Gasteiger partial charge in [-0.2, -0.15) is 0 Å². The summed E-state index contributed by atoms with van der Waals surface area (Å²) in [5.74, 6) is 2.01. The molecule has 0 fully saturated rings. The molecule has 3 rings (SSSR count). The van der Waals surface area contributed by atoms with Gasteiger partial charge in [0.1, 0.15) is 11.5 Å². The number of hydrogen-bond donors (Lipinski definition) is 1. The Morgan fingerprint density at radius 2 is 2.00 bits per heavy atom. The molecule has 1 aromatic heterocycles. The smallest absolute Gasteiger partial charge is 0.134 e. The summed E-state index contributed by atoms with van der Waals surface area (Å²) in [6.07, 6.45) is 4.90.